The van der Waals surface area contributed by atoms with Crippen LogP contribution in [0.2, 0.25) is 0 Å². The summed E-state index contributed by atoms with van der Waals surface area (Å²) in [6.07, 6.45) is -3.76. The molecule has 1 aliphatic heterocycles. The van der Waals surface area contributed by atoms with Crippen LogP contribution in [0.25, 0.3) is 0 Å². The van der Waals surface area contributed by atoms with Crippen molar-refractivity contribution < 1.29 is 18.3 Å². The number of nitrogen functional groups attached to an aromatic ring is 1. The third-order valence-corrected chi connectivity index (χ3v) is 2.74. The summed E-state index contributed by atoms with van der Waals surface area (Å²) < 4.78 is 37.7. The average Bonchev–Trinajstić information content (AvgIpc) is 2.27. The molecule has 0 aromatic carbocycles. The molecule has 18 heavy (non-hydrogen) atoms. The normalized spacial score (nSPS) is 21.1. The zero-order valence-corrected chi connectivity index (χ0v) is 9.48. The lowest BCUT2D eigenvalue weighted by Gasteiger charge is -2.31. The van der Waals surface area contributed by atoms with Crippen molar-refractivity contribution in [3.8, 4) is 0 Å². The van der Waals surface area contributed by atoms with Gasteiger partial charge in [-0.25, -0.2) is 4.98 Å². The maximum atomic E-state index is 12.6. The van der Waals surface area contributed by atoms with Gasteiger partial charge in [0.2, 0.25) is 5.95 Å². The standard InChI is InChI=1S/C10H13F3N4O/c11-10(12,13)7-4-8(16-9(14)15-7)17-3-1-2-6(18)5-17/h4,6,18H,1-3,5H2,(H2,14,15,16). The second-order valence-corrected chi connectivity index (χ2v) is 4.21. The molecule has 0 saturated carbocycles. The summed E-state index contributed by atoms with van der Waals surface area (Å²) in [5, 5.41) is 9.50. The number of anilines is 2. The zero-order valence-electron chi connectivity index (χ0n) is 9.48. The lowest BCUT2D eigenvalue weighted by Crippen LogP contribution is -2.39. The van der Waals surface area contributed by atoms with Crippen molar-refractivity contribution in [2.45, 2.75) is 25.1 Å². The monoisotopic (exact) mass is 262 g/mol. The number of β-amino-alcohol motifs (C(OH)–C–C–N with tert-alkyl or cyclic N) is 1. The van der Waals surface area contributed by atoms with E-state index in [1.54, 1.807) is 4.90 Å². The number of nitrogens with two attached hydrogens (primary N) is 1. The number of alkyl halides is 3. The predicted octanol–water partition coefficient (Wildman–Crippen LogP) is 1.04. The van der Waals surface area contributed by atoms with Crippen LogP contribution < -0.4 is 10.6 Å². The number of nitrogens with zero attached hydrogens (tertiary/aromatic N) is 3. The van der Waals surface area contributed by atoms with E-state index in [9.17, 15) is 18.3 Å². The van der Waals surface area contributed by atoms with Gasteiger partial charge < -0.3 is 15.7 Å². The van der Waals surface area contributed by atoms with Crippen LogP contribution in [-0.2, 0) is 6.18 Å². The van der Waals surface area contributed by atoms with Crippen molar-refractivity contribution in [3.63, 3.8) is 0 Å². The fraction of sp³-hybridized carbons (Fsp3) is 0.600. The molecule has 1 aromatic rings. The Morgan fingerprint density at radius 1 is 1.39 bits per heavy atom. The van der Waals surface area contributed by atoms with Crippen molar-refractivity contribution >= 4 is 11.8 Å². The number of halogens is 3. The van der Waals surface area contributed by atoms with E-state index in [-0.39, 0.29) is 12.4 Å². The van der Waals surface area contributed by atoms with Gasteiger partial charge in [-0.15, -0.1) is 0 Å². The van der Waals surface area contributed by atoms with Crippen molar-refractivity contribution in [2.75, 3.05) is 23.7 Å². The van der Waals surface area contributed by atoms with E-state index in [0.29, 0.717) is 19.4 Å². The zero-order chi connectivity index (χ0) is 13.3. The third-order valence-electron chi connectivity index (χ3n) is 2.74. The Hall–Kier alpha value is -1.57. The number of rotatable bonds is 1. The molecule has 1 atom stereocenters. The van der Waals surface area contributed by atoms with E-state index in [4.69, 9.17) is 5.73 Å². The molecule has 1 aromatic heterocycles. The summed E-state index contributed by atoms with van der Waals surface area (Å²) in [6, 6.07) is 0.856. The first-order valence-electron chi connectivity index (χ1n) is 5.51. The maximum Gasteiger partial charge on any atom is 0.433 e. The molecule has 5 nitrogen and oxygen atoms in total. The molecular formula is C10H13F3N4O. The first-order valence-corrected chi connectivity index (χ1v) is 5.51. The molecule has 1 fully saturated rings. The highest BCUT2D eigenvalue weighted by Gasteiger charge is 2.34. The number of aliphatic hydroxyl groups is 1. The molecule has 2 heterocycles. The first-order chi connectivity index (χ1) is 8.36. The van der Waals surface area contributed by atoms with Crippen LogP contribution in [0.4, 0.5) is 24.9 Å². The van der Waals surface area contributed by atoms with Gasteiger partial charge in [0.05, 0.1) is 6.10 Å². The van der Waals surface area contributed by atoms with Crippen LogP contribution in [0, 0.1) is 0 Å². The van der Waals surface area contributed by atoms with Gasteiger partial charge in [0.15, 0.2) is 5.69 Å². The predicted molar refractivity (Wildman–Crippen MR) is 58.9 cm³/mol. The maximum absolute atomic E-state index is 12.6. The van der Waals surface area contributed by atoms with Gasteiger partial charge in [-0.1, -0.05) is 0 Å². The van der Waals surface area contributed by atoms with Gasteiger partial charge in [-0.05, 0) is 12.8 Å². The molecule has 100 valence electrons. The molecule has 1 aliphatic rings. The third kappa shape index (κ3) is 2.81. The molecule has 1 saturated heterocycles. The molecule has 0 spiro atoms. The highest BCUT2D eigenvalue weighted by molar-refractivity contribution is 5.44. The van der Waals surface area contributed by atoms with Crippen molar-refractivity contribution in [3.05, 3.63) is 11.8 Å². The molecule has 3 N–H and O–H groups in total. The summed E-state index contributed by atoms with van der Waals surface area (Å²) in [5.74, 6) is -0.312. The Balaban J connectivity index is 2.30. The summed E-state index contributed by atoms with van der Waals surface area (Å²) >= 11 is 0. The van der Waals surface area contributed by atoms with E-state index in [1.807, 2.05) is 0 Å². The SMILES string of the molecule is Nc1nc(N2CCCC(O)C2)cc(C(F)(F)F)n1. The molecule has 0 amide bonds. The van der Waals surface area contributed by atoms with Crippen LogP contribution in [0.1, 0.15) is 18.5 Å². The quantitative estimate of drug-likeness (QED) is 0.791. The molecule has 8 heteroatoms. The number of aromatic nitrogens is 2. The molecule has 2 rings (SSSR count). The highest BCUT2D eigenvalue weighted by Crippen LogP contribution is 2.30. The minimum absolute atomic E-state index is 0.105. The van der Waals surface area contributed by atoms with Crippen LogP contribution in [-0.4, -0.2) is 34.3 Å². The smallest absolute Gasteiger partial charge is 0.391 e. The topological polar surface area (TPSA) is 75.3 Å². The number of hydrogen-bond acceptors (Lipinski definition) is 5. The number of aliphatic hydroxyl groups excluding tert-OH is 1. The van der Waals surface area contributed by atoms with E-state index in [1.165, 1.54) is 0 Å². The molecular weight excluding hydrogens is 249 g/mol. The van der Waals surface area contributed by atoms with Gasteiger partial charge in [-0.2, -0.15) is 18.2 Å². The van der Waals surface area contributed by atoms with Crippen molar-refractivity contribution in [1.82, 2.24) is 9.97 Å². The molecule has 1 unspecified atom stereocenters. The number of piperidine rings is 1. The van der Waals surface area contributed by atoms with Crippen LogP contribution in [0.3, 0.4) is 0 Å². The van der Waals surface area contributed by atoms with Crippen LogP contribution in [0.15, 0.2) is 6.07 Å². The fourth-order valence-electron chi connectivity index (χ4n) is 1.92. The summed E-state index contributed by atoms with van der Waals surface area (Å²) in [6.45, 7) is 0.804. The van der Waals surface area contributed by atoms with Gasteiger partial charge >= 0.3 is 6.18 Å². The number of hydrogen-bond donors (Lipinski definition) is 2. The van der Waals surface area contributed by atoms with E-state index in [2.05, 4.69) is 9.97 Å². The molecule has 0 bridgehead atoms. The van der Waals surface area contributed by atoms with E-state index < -0.39 is 23.9 Å². The fourth-order valence-corrected chi connectivity index (χ4v) is 1.92. The van der Waals surface area contributed by atoms with Crippen molar-refractivity contribution in [1.29, 1.82) is 0 Å². The summed E-state index contributed by atoms with van der Waals surface area (Å²) in [5.41, 5.74) is 4.22. The Morgan fingerprint density at radius 3 is 2.72 bits per heavy atom. The van der Waals surface area contributed by atoms with Gasteiger partial charge in [-0.3, -0.25) is 0 Å². The van der Waals surface area contributed by atoms with Gasteiger partial charge in [0.25, 0.3) is 0 Å². The first kappa shape index (κ1) is 12.9. The minimum atomic E-state index is -4.56. The second kappa shape index (κ2) is 4.60. The van der Waals surface area contributed by atoms with Crippen molar-refractivity contribution in [2.24, 2.45) is 0 Å². The van der Waals surface area contributed by atoms with E-state index >= 15 is 0 Å². The second-order valence-electron chi connectivity index (χ2n) is 4.21. The lowest BCUT2D eigenvalue weighted by atomic mass is 10.1. The Morgan fingerprint density at radius 2 is 2.11 bits per heavy atom. The Labute approximate surface area is 101 Å². The van der Waals surface area contributed by atoms with E-state index in [0.717, 1.165) is 6.07 Å². The average molecular weight is 262 g/mol. The highest BCUT2D eigenvalue weighted by atomic mass is 19.4. The Bertz CT molecular complexity index is 438. The largest absolute Gasteiger partial charge is 0.433 e. The summed E-state index contributed by atoms with van der Waals surface area (Å²) in [7, 11) is 0. The van der Waals surface area contributed by atoms with Gasteiger partial charge in [0, 0.05) is 19.2 Å². The molecule has 0 radical (unpaired) electrons. The lowest BCUT2D eigenvalue weighted by molar-refractivity contribution is -0.141. The van der Waals surface area contributed by atoms with Crippen LogP contribution >= 0.6 is 0 Å². The minimum Gasteiger partial charge on any atom is -0.391 e. The molecule has 0 aliphatic carbocycles. The summed E-state index contributed by atoms with van der Waals surface area (Å²) in [4.78, 5) is 8.54. The Kier molecular flexibility index (Phi) is 3.29. The van der Waals surface area contributed by atoms with Gasteiger partial charge in [0.1, 0.15) is 5.82 Å². The van der Waals surface area contributed by atoms with Crippen LogP contribution in [0.5, 0.6) is 0 Å².